The number of hydrogen-bond donors (Lipinski definition) is 2. The number of amides is 1. The number of carbonyl (C=O) groups excluding carboxylic acids is 1. The number of anilines is 2. The largest absolute Gasteiger partial charge is 0.497 e. The molecule has 0 aliphatic carbocycles. The van der Waals surface area contributed by atoms with Crippen LogP contribution < -0.4 is 15.8 Å². The zero-order valence-electron chi connectivity index (χ0n) is 15.0. The van der Waals surface area contributed by atoms with Crippen LogP contribution in [0.5, 0.6) is 5.75 Å². The van der Waals surface area contributed by atoms with Crippen molar-refractivity contribution in [1.29, 1.82) is 0 Å². The van der Waals surface area contributed by atoms with E-state index in [1.165, 1.54) is 6.08 Å². The molecule has 1 amide bonds. The second-order valence-corrected chi connectivity index (χ2v) is 5.60. The highest BCUT2D eigenvalue weighted by atomic mass is 16.5. The summed E-state index contributed by atoms with van der Waals surface area (Å²) in [4.78, 5) is 11.9. The van der Waals surface area contributed by atoms with Gasteiger partial charge in [-0.3, -0.25) is 4.79 Å². The molecule has 0 aliphatic rings. The maximum atomic E-state index is 11.9. The highest BCUT2D eigenvalue weighted by Crippen LogP contribution is 2.23. The fourth-order valence-electron chi connectivity index (χ4n) is 2.40. The summed E-state index contributed by atoms with van der Waals surface area (Å²) in [5, 5.41) is 2.74. The van der Waals surface area contributed by atoms with Gasteiger partial charge in [-0.15, -0.1) is 0 Å². The zero-order valence-corrected chi connectivity index (χ0v) is 15.0. The molecule has 5 nitrogen and oxygen atoms in total. The van der Waals surface area contributed by atoms with Gasteiger partial charge in [0.2, 0.25) is 5.91 Å². The third kappa shape index (κ3) is 5.79. The summed E-state index contributed by atoms with van der Waals surface area (Å²) in [5.41, 5.74) is 8.00. The molecule has 0 saturated heterocycles. The molecule has 0 bridgehead atoms. The quantitative estimate of drug-likeness (QED) is 0.426. The Hall–Kier alpha value is -3.05. The number of methoxy groups -OCH3 is 2. The van der Waals surface area contributed by atoms with Crippen LogP contribution in [0.3, 0.4) is 0 Å². The number of carbonyl (C=O) groups is 1. The molecule has 5 heteroatoms. The van der Waals surface area contributed by atoms with E-state index < -0.39 is 0 Å². The number of nitrogens with one attached hydrogen (secondary N) is 1. The molecule has 2 aromatic rings. The molecule has 0 spiro atoms. The van der Waals surface area contributed by atoms with E-state index in [0.29, 0.717) is 17.8 Å². The van der Waals surface area contributed by atoms with Gasteiger partial charge in [-0.1, -0.05) is 42.5 Å². The number of para-hydroxylation sites is 2. The van der Waals surface area contributed by atoms with Crippen LogP contribution in [-0.2, 0) is 9.53 Å². The van der Waals surface area contributed by atoms with Crippen molar-refractivity contribution in [2.45, 2.75) is 12.5 Å². The molecule has 0 aliphatic heterocycles. The molecule has 0 fully saturated rings. The summed E-state index contributed by atoms with van der Waals surface area (Å²) >= 11 is 0. The van der Waals surface area contributed by atoms with E-state index in [2.05, 4.69) is 5.32 Å². The van der Waals surface area contributed by atoms with Crippen molar-refractivity contribution in [2.75, 3.05) is 25.3 Å². The summed E-state index contributed by atoms with van der Waals surface area (Å²) in [7, 11) is 3.32. The molecule has 136 valence electrons. The SMILES string of the molecule is COc1ccc(C(CC=CC=CC(=O)Nc2ccccc2N)OC)cc1. The third-order valence-electron chi connectivity index (χ3n) is 3.84. The van der Waals surface area contributed by atoms with Gasteiger partial charge in [0.15, 0.2) is 0 Å². The lowest BCUT2D eigenvalue weighted by Gasteiger charge is -2.14. The predicted octanol–water partition coefficient (Wildman–Crippen LogP) is 4.11. The van der Waals surface area contributed by atoms with E-state index in [9.17, 15) is 4.79 Å². The van der Waals surface area contributed by atoms with Gasteiger partial charge < -0.3 is 20.5 Å². The first-order valence-electron chi connectivity index (χ1n) is 8.29. The molecule has 3 N–H and O–H groups in total. The standard InChI is InChI=1S/C21H24N2O3/c1-25-17-14-12-16(13-15-17)20(26-2)10-4-3-5-11-21(24)23-19-9-7-6-8-18(19)22/h3-9,11-15,20H,10,22H2,1-2H3,(H,23,24). The van der Waals surface area contributed by atoms with E-state index >= 15 is 0 Å². The van der Waals surface area contributed by atoms with Crippen LogP contribution in [0.4, 0.5) is 11.4 Å². The molecular formula is C21H24N2O3. The third-order valence-corrected chi connectivity index (χ3v) is 3.84. The van der Waals surface area contributed by atoms with Gasteiger partial charge in [-0.05, 0) is 36.2 Å². The Labute approximate surface area is 154 Å². The highest BCUT2D eigenvalue weighted by Gasteiger charge is 2.08. The van der Waals surface area contributed by atoms with Crippen molar-refractivity contribution >= 4 is 17.3 Å². The second-order valence-electron chi connectivity index (χ2n) is 5.60. The van der Waals surface area contributed by atoms with Crippen molar-refractivity contribution in [3.8, 4) is 5.75 Å². The van der Waals surface area contributed by atoms with Gasteiger partial charge in [0.25, 0.3) is 0 Å². The number of ether oxygens (including phenoxy) is 2. The molecular weight excluding hydrogens is 328 g/mol. The second kappa shape index (κ2) is 10.1. The van der Waals surface area contributed by atoms with Crippen LogP contribution in [0.15, 0.2) is 72.8 Å². The van der Waals surface area contributed by atoms with E-state index in [1.807, 2.05) is 48.6 Å². The highest BCUT2D eigenvalue weighted by molar-refractivity contribution is 6.01. The first-order valence-corrected chi connectivity index (χ1v) is 8.29. The summed E-state index contributed by atoms with van der Waals surface area (Å²) in [6.45, 7) is 0. The van der Waals surface area contributed by atoms with Crippen LogP contribution in [0.2, 0.25) is 0 Å². The van der Waals surface area contributed by atoms with Crippen molar-refractivity contribution in [3.63, 3.8) is 0 Å². The Balaban J connectivity index is 1.85. The van der Waals surface area contributed by atoms with Crippen molar-refractivity contribution < 1.29 is 14.3 Å². The minimum atomic E-state index is -0.231. The number of rotatable bonds is 8. The first-order chi connectivity index (χ1) is 12.6. The molecule has 0 radical (unpaired) electrons. The topological polar surface area (TPSA) is 73.6 Å². The number of nitrogen functional groups attached to an aromatic ring is 1. The van der Waals surface area contributed by atoms with Gasteiger partial charge in [-0.2, -0.15) is 0 Å². The fourth-order valence-corrected chi connectivity index (χ4v) is 2.40. The van der Waals surface area contributed by atoms with Crippen LogP contribution in [-0.4, -0.2) is 20.1 Å². The lowest BCUT2D eigenvalue weighted by molar-refractivity contribution is -0.111. The summed E-state index contributed by atoms with van der Waals surface area (Å²) < 4.78 is 10.7. The van der Waals surface area contributed by atoms with Crippen molar-refractivity contribution in [3.05, 3.63) is 78.4 Å². The Bertz CT molecular complexity index is 767. The summed E-state index contributed by atoms with van der Waals surface area (Å²) in [6.07, 6.45) is 7.57. The van der Waals surface area contributed by atoms with Crippen LogP contribution >= 0.6 is 0 Å². The monoisotopic (exact) mass is 352 g/mol. The lowest BCUT2D eigenvalue weighted by atomic mass is 10.1. The van der Waals surface area contributed by atoms with Gasteiger partial charge in [0, 0.05) is 13.2 Å². The summed E-state index contributed by atoms with van der Waals surface area (Å²) in [6, 6.07) is 14.9. The molecule has 0 aromatic heterocycles. The summed E-state index contributed by atoms with van der Waals surface area (Å²) in [5.74, 6) is 0.582. The van der Waals surface area contributed by atoms with Gasteiger partial charge in [-0.25, -0.2) is 0 Å². The minimum Gasteiger partial charge on any atom is -0.497 e. The maximum absolute atomic E-state index is 11.9. The van der Waals surface area contributed by atoms with Gasteiger partial charge >= 0.3 is 0 Å². The Morgan fingerprint density at radius 2 is 1.85 bits per heavy atom. The molecule has 2 aromatic carbocycles. The van der Waals surface area contributed by atoms with Gasteiger partial charge in [0.1, 0.15) is 5.75 Å². The van der Waals surface area contributed by atoms with Crippen molar-refractivity contribution in [1.82, 2.24) is 0 Å². The average molecular weight is 352 g/mol. The van der Waals surface area contributed by atoms with Crippen LogP contribution in [0.25, 0.3) is 0 Å². The number of hydrogen-bond acceptors (Lipinski definition) is 4. The van der Waals surface area contributed by atoms with E-state index in [4.69, 9.17) is 15.2 Å². The van der Waals surface area contributed by atoms with E-state index in [-0.39, 0.29) is 12.0 Å². The molecule has 2 rings (SSSR count). The average Bonchev–Trinajstić information content (AvgIpc) is 2.67. The predicted molar refractivity (Wildman–Crippen MR) is 105 cm³/mol. The smallest absolute Gasteiger partial charge is 0.248 e. The number of nitrogens with two attached hydrogens (primary N) is 1. The molecule has 26 heavy (non-hydrogen) atoms. The minimum absolute atomic E-state index is 0.0523. The lowest BCUT2D eigenvalue weighted by Crippen LogP contribution is -2.09. The Morgan fingerprint density at radius 1 is 1.12 bits per heavy atom. The van der Waals surface area contributed by atoms with Crippen LogP contribution in [0.1, 0.15) is 18.1 Å². The molecule has 0 saturated carbocycles. The normalized spacial score (nSPS) is 12.4. The number of benzene rings is 2. The van der Waals surface area contributed by atoms with E-state index in [1.54, 1.807) is 32.4 Å². The van der Waals surface area contributed by atoms with Crippen LogP contribution in [0, 0.1) is 0 Å². The first kappa shape index (κ1) is 19.3. The molecule has 1 atom stereocenters. The number of allylic oxidation sites excluding steroid dienone is 2. The maximum Gasteiger partial charge on any atom is 0.248 e. The van der Waals surface area contributed by atoms with Crippen molar-refractivity contribution in [2.24, 2.45) is 0 Å². The molecule has 1 unspecified atom stereocenters. The molecule has 0 heterocycles. The Morgan fingerprint density at radius 3 is 2.50 bits per heavy atom. The van der Waals surface area contributed by atoms with Gasteiger partial charge in [0.05, 0.1) is 24.6 Å². The zero-order chi connectivity index (χ0) is 18.8. The van der Waals surface area contributed by atoms with E-state index in [0.717, 1.165) is 11.3 Å². The fraction of sp³-hybridized carbons (Fsp3) is 0.190. The Kier molecular flexibility index (Phi) is 7.46.